The lowest BCUT2D eigenvalue weighted by Crippen LogP contribution is -2.47. The predicted molar refractivity (Wildman–Crippen MR) is 91.2 cm³/mol. The minimum absolute atomic E-state index is 0.493. The summed E-state index contributed by atoms with van der Waals surface area (Å²) in [5.41, 5.74) is 1.16. The molecule has 1 fully saturated rings. The van der Waals surface area contributed by atoms with Crippen molar-refractivity contribution in [2.75, 3.05) is 39.3 Å². The van der Waals surface area contributed by atoms with Crippen LogP contribution >= 0.6 is 0 Å². The Kier molecular flexibility index (Phi) is 11.9. The molecular weight excluding hydrogens is 246 g/mol. The summed E-state index contributed by atoms with van der Waals surface area (Å²) in [7, 11) is 0. The fourth-order valence-corrected chi connectivity index (χ4v) is 2.48. The van der Waals surface area contributed by atoms with Crippen molar-refractivity contribution in [3.8, 4) is 0 Å². The van der Waals surface area contributed by atoms with E-state index in [9.17, 15) is 0 Å². The first kappa shape index (κ1) is 19.5. The van der Waals surface area contributed by atoms with Crippen LogP contribution in [0.1, 0.15) is 53.9 Å². The molecule has 0 bridgehead atoms. The van der Waals surface area contributed by atoms with Crippen LogP contribution in [0.2, 0.25) is 0 Å². The number of piperazine rings is 1. The minimum atomic E-state index is 0.493. The average Bonchev–Trinajstić information content (AvgIpc) is 2.42. The Morgan fingerprint density at radius 3 is 2.10 bits per heavy atom. The molecule has 20 heavy (non-hydrogen) atoms. The molecule has 1 aliphatic heterocycles. The Balaban J connectivity index is 0.00000172. The van der Waals surface area contributed by atoms with E-state index in [1.165, 1.54) is 52.0 Å². The Labute approximate surface area is 127 Å². The van der Waals surface area contributed by atoms with Crippen LogP contribution in [0, 0.1) is 0 Å². The second-order valence-corrected chi connectivity index (χ2v) is 5.73. The third-order valence-electron chi connectivity index (χ3n) is 3.45. The predicted octanol–water partition coefficient (Wildman–Crippen LogP) is 3.33. The van der Waals surface area contributed by atoms with Crippen LogP contribution < -0.4 is 5.32 Å². The Bertz CT molecular complexity index is 230. The SMILES string of the molecule is C=C(CN1CCN(CCCCC)CC1)NC(C)C.CC. The molecule has 1 saturated heterocycles. The summed E-state index contributed by atoms with van der Waals surface area (Å²) >= 11 is 0. The average molecular weight is 284 g/mol. The van der Waals surface area contributed by atoms with Gasteiger partial charge in [-0.1, -0.05) is 40.2 Å². The highest BCUT2D eigenvalue weighted by molar-refractivity contribution is 4.96. The largest absolute Gasteiger partial charge is 0.386 e. The van der Waals surface area contributed by atoms with Gasteiger partial charge in [-0.05, 0) is 26.8 Å². The molecule has 0 aliphatic carbocycles. The van der Waals surface area contributed by atoms with Crippen molar-refractivity contribution in [3.05, 3.63) is 12.3 Å². The Morgan fingerprint density at radius 1 is 1.05 bits per heavy atom. The normalized spacial score (nSPS) is 16.7. The van der Waals surface area contributed by atoms with Crippen LogP contribution in [0.15, 0.2) is 12.3 Å². The van der Waals surface area contributed by atoms with Crippen molar-refractivity contribution in [1.82, 2.24) is 15.1 Å². The van der Waals surface area contributed by atoms with E-state index in [0.29, 0.717) is 6.04 Å². The summed E-state index contributed by atoms with van der Waals surface area (Å²) in [4.78, 5) is 5.11. The molecule has 0 spiro atoms. The molecule has 0 saturated carbocycles. The van der Waals surface area contributed by atoms with Crippen LogP contribution in [0.25, 0.3) is 0 Å². The van der Waals surface area contributed by atoms with Crippen molar-refractivity contribution in [3.63, 3.8) is 0 Å². The van der Waals surface area contributed by atoms with Gasteiger partial charge in [0.1, 0.15) is 0 Å². The van der Waals surface area contributed by atoms with E-state index in [4.69, 9.17) is 0 Å². The highest BCUT2D eigenvalue weighted by Crippen LogP contribution is 2.06. The second-order valence-electron chi connectivity index (χ2n) is 5.73. The zero-order valence-corrected chi connectivity index (χ0v) is 14.5. The lowest BCUT2D eigenvalue weighted by atomic mass is 10.2. The third-order valence-corrected chi connectivity index (χ3v) is 3.45. The van der Waals surface area contributed by atoms with E-state index >= 15 is 0 Å². The molecule has 1 rings (SSSR count). The first-order chi connectivity index (χ1) is 9.61. The lowest BCUT2D eigenvalue weighted by Gasteiger charge is -2.35. The monoisotopic (exact) mass is 283 g/mol. The first-order valence-corrected chi connectivity index (χ1v) is 8.50. The number of rotatable bonds is 8. The Hall–Kier alpha value is -0.540. The van der Waals surface area contributed by atoms with E-state index in [-0.39, 0.29) is 0 Å². The van der Waals surface area contributed by atoms with Gasteiger partial charge in [0, 0.05) is 44.5 Å². The molecule has 0 atom stereocenters. The van der Waals surface area contributed by atoms with Crippen LogP contribution in [-0.2, 0) is 0 Å². The number of hydrogen-bond donors (Lipinski definition) is 1. The molecule has 3 nitrogen and oxygen atoms in total. The molecule has 0 radical (unpaired) electrons. The van der Waals surface area contributed by atoms with Gasteiger partial charge in [-0.2, -0.15) is 0 Å². The molecule has 0 aromatic carbocycles. The molecule has 0 amide bonds. The summed E-state index contributed by atoms with van der Waals surface area (Å²) in [6, 6.07) is 0.493. The van der Waals surface area contributed by atoms with Gasteiger partial charge >= 0.3 is 0 Å². The minimum Gasteiger partial charge on any atom is -0.386 e. The standard InChI is InChI=1S/C15H31N3.C2H6/c1-5-6-7-8-17-9-11-18(12-10-17)13-15(4)16-14(2)3;1-2/h14,16H,4-13H2,1-3H3;1-2H3. The fraction of sp³-hybridized carbons (Fsp3) is 0.882. The van der Waals surface area contributed by atoms with Crippen molar-refractivity contribution in [2.45, 2.75) is 59.9 Å². The van der Waals surface area contributed by atoms with Gasteiger partial charge in [-0.25, -0.2) is 0 Å². The summed E-state index contributed by atoms with van der Waals surface area (Å²) in [5, 5.41) is 3.39. The number of nitrogens with zero attached hydrogens (tertiary/aromatic N) is 2. The molecular formula is C17H37N3. The van der Waals surface area contributed by atoms with Crippen molar-refractivity contribution >= 4 is 0 Å². The number of hydrogen-bond acceptors (Lipinski definition) is 3. The van der Waals surface area contributed by atoms with E-state index in [1.807, 2.05) is 13.8 Å². The number of unbranched alkanes of at least 4 members (excludes halogenated alkanes) is 2. The van der Waals surface area contributed by atoms with Gasteiger partial charge in [-0.15, -0.1) is 0 Å². The highest BCUT2D eigenvalue weighted by Gasteiger charge is 2.16. The summed E-state index contributed by atoms with van der Waals surface area (Å²) < 4.78 is 0. The summed E-state index contributed by atoms with van der Waals surface area (Å²) in [5.74, 6) is 0. The molecule has 1 N–H and O–H groups in total. The maximum Gasteiger partial charge on any atom is 0.0376 e. The molecule has 120 valence electrons. The van der Waals surface area contributed by atoms with Crippen molar-refractivity contribution in [1.29, 1.82) is 0 Å². The second kappa shape index (κ2) is 12.2. The van der Waals surface area contributed by atoms with Gasteiger partial charge in [0.25, 0.3) is 0 Å². The third kappa shape index (κ3) is 9.38. The van der Waals surface area contributed by atoms with Gasteiger partial charge < -0.3 is 10.2 Å². The van der Waals surface area contributed by atoms with Crippen LogP contribution in [0.4, 0.5) is 0 Å². The molecule has 3 heteroatoms. The quantitative estimate of drug-likeness (QED) is 0.689. The maximum atomic E-state index is 4.10. The molecule has 0 unspecified atom stereocenters. The molecule has 1 heterocycles. The van der Waals surface area contributed by atoms with Crippen molar-refractivity contribution < 1.29 is 0 Å². The van der Waals surface area contributed by atoms with Gasteiger partial charge in [-0.3, -0.25) is 4.90 Å². The number of nitrogens with one attached hydrogen (secondary N) is 1. The smallest absolute Gasteiger partial charge is 0.0376 e. The van der Waals surface area contributed by atoms with Gasteiger partial charge in [0.15, 0.2) is 0 Å². The van der Waals surface area contributed by atoms with Crippen molar-refractivity contribution in [2.24, 2.45) is 0 Å². The Morgan fingerprint density at radius 2 is 1.60 bits per heavy atom. The van der Waals surface area contributed by atoms with E-state index in [1.54, 1.807) is 0 Å². The van der Waals surface area contributed by atoms with Crippen LogP contribution in [-0.4, -0.2) is 55.1 Å². The summed E-state index contributed by atoms with van der Waals surface area (Å²) in [6.07, 6.45) is 4.05. The fourth-order valence-electron chi connectivity index (χ4n) is 2.48. The van der Waals surface area contributed by atoms with E-state index in [0.717, 1.165) is 12.2 Å². The van der Waals surface area contributed by atoms with Gasteiger partial charge in [0.2, 0.25) is 0 Å². The highest BCUT2D eigenvalue weighted by atomic mass is 15.3. The molecule has 0 aromatic heterocycles. The zero-order chi connectivity index (χ0) is 15.4. The van der Waals surface area contributed by atoms with E-state index < -0.39 is 0 Å². The van der Waals surface area contributed by atoms with Crippen LogP contribution in [0.3, 0.4) is 0 Å². The molecule has 1 aliphatic rings. The topological polar surface area (TPSA) is 18.5 Å². The maximum absolute atomic E-state index is 4.10. The first-order valence-electron chi connectivity index (χ1n) is 8.50. The molecule has 0 aromatic rings. The van der Waals surface area contributed by atoms with E-state index in [2.05, 4.69) is 42.5 Å². The van der Waals surface area contributed by atoms with Crippen LogP contribution in [0.5, 0.6) is 0 Å². The summed E-state index contributed by atoms with van der Waals surface area (Å²) in [6.45, 7) is 21.8. The lowest BCUT2D eigenvalue weighted by molar-refractivity contribution is 0.137. The van der Waals surface area contributed by atoms with Gasteiger partial charge in [0.05, 0.1) is 0 Å². The zero-order valence-electron chi connectivity index (χ0n) is 14.5.